The van der Waals surface area contributed by atoms with Gasteiger partial charge in [-0.15, -0.1) is 0 Å². The maximum Gasteiger partial charge on any atom is 0.386 e. The van der Waals surface area contributed by atoms with Gasteiger partial charge in [0.05, 0.1) is 11.1 Å². The van der Waals surface area contributed by atoms with Gasteiger partial charge in [0.2, 0.25) is 6.29 Å². The van der Waals surface area contributed by atoms with Crippen molar-refractivity contribution in [3.63, 3.8) is 0 Å². The summed E-state index contributed by atoms with van der Waals surface area (Å²) in [6, 6.07) is 11.9. The molecular weight excluding hydrogens is 336 g/mol. The Hall–Kier alpha value is -2.70. The second-order valence-electron chi connectivity index (χ2n) is 7.14. The molecule has 0 amide bonds. The molecule has 0 aliphatic carbocycles. The lowest BCUT2D eigenvalue weighted by molar-refractivity contribution is -0.187. The van der Waals surface area contributed by atoms with Gasteiger partial charge < -0.3 is 0 Å². The van der Waals surface area contributed by atoms with Gasteiger partial charge in [0, 0.05) is 5.56 Å². The smallest absolute Gasteiger partial charge is 0.242 e. The fourth-order valence-electron chi connectivity index (χ4n) is 2.95. The molecule has 3 rings (SSSR count). The molecule has 1 saturated heterocycles. The highest BCUT2D eigenvalue weighted by Crippen LogP contribution is 2.32. The Balaban J connectivity index is 1.72. The zero-order valence-electron chi connectivity index (χ0n) is 15.1. The van der Waals surface area contributed by atoms with E-state index in [0.29, 0.717) is 11.1 Å². The zero-order valence-corrected chi connectivity index (χ0v) is 15.1. The van der Waals surface area contributed by atoms with Crippen molar-refractivity contribution in [2.45, 2.75) is 39.4 Å². The molecule has 2 aromatic carbocycles. The first-order valence-corrected chi connectivity index (χ1v) is 8.23. The Bertz CT molecular complexity index is 846. The highest BCUT2D eigenvalue weighted by atomic mass is 17.4. The maximum atomic E-state index is 12.4. The highest BCUT2D eigenvalue weighted by Gasteiger charge is 2.29. The lowest BCUT2D eigenvalue weighted by Gasteiger charge is -2.24. The average molecular weight is 356 g/mol. The van der Waals surface area contributed by atoms with Crippen LogP contribution in [0.25, 0.3) is 0 Å². The van der Waals surface area contributed by atoms with Crippen LogP contribution in [0.2, 0.25) is 0 Å². The summed E-state index contributed by atoms with van der Waals surface area (Å²) in [5, 5.41) is 0. The van der Waals surface area contributed by atoms with Crippen molar-refractivity contribution in [3.8, 4) is 0 Å². The highest BCUT2D eigenvalue weighted by molar-refractivity contribution is 5.93. The van der Waals surface area contributed by atoms with E-state index in [4.69, 9.17) is 19.6 Å². The average Bonchev–Trinajstić information content (AvgIpc) is 3.43. The molecule has 6 heteroatoms. The van der Waals surface area contributed by atoms with Crippen LogP contribution in [0, 0.1) is 6.92 Å². The minimum atomic E-state index is -0.772. The largest absolute Gasteiger partial charge is 0.386 e. The van der Waals surface area contributed by atoms with Gasteiger partial charge in [0.1, 0.15) is 0 Å². The molecule has 1 aliphatic rings. The van der Waals surface area contributed by atoms with Crippen molar-refractivity contribution in [3.05, 3.63) is 70.3 Å². The molecule has 136 valence electrons. The Morgan fingerprint density at radius 2 is 1.62 bits per heavy atom. The molecule has 6 nitrogen and oxygen atoms in total. The molecule has 0 radical (unpaired) electrons. The summed E-state index contributed by atoms with van der Waals surface area (Å²) in [5.41, 5.74) is 2.84. The van der Waals surface area contributed by atoms with Crippen LogP contribution in [0.15, 0.2) is 42.5 Å². The predicted molar refractivity (Wildman–Crippen MR) is 92.1 cm³/mol. The van der Waals surface area contributed by atoms with Crippen LogP contribution >= 0.6 is 0 Å². The molecule has 0 bridgehead atoms. The summed E-state index contributed by atoms with van der Waals surface area (Å²) in [5.74, 6) is -1.48. The van der Waals surface area contributed by atoms with E-state index in [1.807, 2.05) is 33.8 Å². The standard InChI is InChI=1S/C20H20O6/c1-12-7-5-10-15(16(12)20(2,3)4)18(22)24-23-17(21)13-8-6-9-14(11-13)19-25-26-19/h5-11,19H,1-4H3. The van der Waals surface area contributed by atoms with E-state index in [-0.39, 0.29) is 11.0 Å². The summed E-state index contributed by atoms with van der Waals surface area (Å²) in [6.07, 6.45) is -0.466. The van der Waals surface area contributed by atoms with Crippen LogP contribution in [-0.2, 0) is 25.0 Å². The van der Waals surface area contributed by atoms with Crippen molar-refractivity contribution in [1.29, 1.82) is 0 Å². The van der Waals surface area contributed by atoms with E-state index in [2.05, 4.69) is 0 Å². The molecule has 0 spiro atoms. The van der Waals surface area contributed by atoms with Gasteiger partial charge in [-0.25, -0.2) is 19.4 Å². The molecule has 1 heterocycles. The van der Waals surface area contributed by atoms with E-state index in [1.54, 1.807) is 36.4 Å². The van der Waals surface area contributed by atoms with Gasteiger partial charge in [0.15, 0.2) is 0 Å². The molecule has 0 unspecified atom stereocenters. The van der Waals surface area contributed by atoms with Gasteiger partial charge in [-0.05, 0) is 41.7 Å². The molecule has 0 aromatic heterocycles. The third-order valence-corrected chi connectivity index (χ3v) is 4.02. The Labute approximate surface area is 151 Å². The minimum absolute atomic E-state index is 0.231. The van der Waals surface area contributed by atoms with Gasteiger partial charge >= 0.3 is 11.9 Å². The van der Waals surface area contributed by atoms with Gasteiger partial charge in [-0.1, -0.05) is 45.0 Å². The SMILES string of the molecule is Cc1cccc(C(=O)OOC(=O)c2cccc(C3OO3)c2)c1C(C)(C)C. The second-order valence-corrected chi connectivity index (χ2v) is 7.14. The number of benzene rings is 2. The summed E-state index contributed by atoms with van der Waals surface area (Å²) in [7, 11) is 0. The van der Waals surface area contributed by atoms with Gasteiger partial charge in [-0.3, -0.25) is 0 Å². The van der Waals surface area contributed by atoms with Crippen LogP contribution in [0.1, 0.15) is 64.5 Å². The van der Waals surface area contributed by atoms with Crippen LogP contribution in [0.5, 0.6) is 0 Å². The molecule has 26 heavy (non-hydrogen) atoms. The van der Waals surface area contributed by atoms with Crippen LogP contribution in [0.4, 0.5) is 0 Å². The number of hydrogen-bond donors (Lipinski definition) is 0. The fraction of sp³-hybridized carbons (Fsp3) is 0.300. The Kier molecular flexibility index (Phi) is 4.80. The van der Waals surface area contributed by atoms with Crippen molar-refractivity contribution in [2.24, 2.45) is 0 Å². The zero-order chi connectivity index (χ0) is 18.9. The molecule has 1 aliphatic heterocycles. The third-order valence-electron chi connectivity index (χ3n) is 4.02. The molecular formula is C20H20O6. The topological polar surface area (TPSA) is 77.7 Å². The van der Waals surface area contributed by atoms with Crippen molar-refractivity contribution < 1.29 is 29.1 Å². The van der Waals surface area contributed by atoms with Gasteiger partial charge in [0.25, 0.3) is 0 Å². The lowest BCUT2D eigenvalue weighted by Crippen LogP contribution is -2.21. The number of carbonyl (C=O) groups excluding carboxylic acids is 2. The van der Waals surface area contributed by atoms with Crippen molar-refractivity contribution in [2.75, 3.05) is 0 Å². The first-order chi connectivity index (χ1) is 12.3. The minimum Gasteiger partial charge on any atom is -0.242 e. The third kappa shape index (κ3) is 3.92. The Morgan fingerprint density at radius 3 is 2.27 bits per heavy atom. The van der Waals surface area contributed by atoms with Crippen molar-refractivity contribution in [1.82, 2.24) is 0 Å². The van der Waals surface area contributed by atoms with E-state index in [1.165, 1.54) is 0 Å². The first-order valence-electron chi connectivity index (χ1n) is 8.23. The summed E-state index contributed by atoms with van der Waals surface area (Å²) < 4.78 is 0. The van der Waals surface area contributed by atoms with E-state index in [0.717, 1.165) is 11.1 Å². The molecule has 0 saturated carbocycles. The molecule has 1 fully saturated rings. The molecule has 0 atom stereocenters. The summed E-state index contributed by atoms with van der Waals surface area (Å²) >= 11 is 0. The van der Waals surface area contributed by atoms with Crippen molar-refractivity contribution >= 4 is 11.9 Å². The van der Waals surface area contributed by atoms with Crippen LogP contribution in [-0.4, -0.2) is 11.9 Å². The summed E-state index contributed by atoms with van der Waals surface area (Å²) in [4.78, 5) is 43.5. The summed E-state index contributed by atoms with van der Waals surface area (Å²) in [6.45, 7) is 7.94. The number of hydrogen-bond acceptors (Lipinski definition) is 6. The Morgan fingerprint density at radius 1 is 0.962 bits per heavy atom. The monoisotopic (exact) mass is 356 g/mol. The van der Waals surface area contributed by atoms with Crippen LogP contribution < -0.4 is 0 Å². The first kappa shape index (κ1) is 18.1. The predicted octanol–water partition coefficient (Wildman–Crippen LogP) is 4.18. The normalized spacial score (nSPS) is 14.0. The second kappa shape index (κ2) is 6.90. The quantitative estimate of drug-likeness (QED) is 0.466. The van der Waals surface area contributed by atoms with Crippen LogP contribution in [0.3, 0.4) is 0 Å². The molecule has 0 N–H and O–H groups in total. The van der Waals surface area contributed by atoms with E-state index >= 15 is 0 Å². The number of rotatable bonds is 3. The fourth-order valence-corrected chi connectivity index (χ4v) is 2.95. The lowest BCUT2D eigenvalue weighted by atomic mass is 9.81. The van der Waals surface area contributed by atoms with E-state index < -0.39 is 18.2 Å². The maximum absolute atomic E-state index is 12.4. The number of carbonyl (C=O) groups is 2. The molecule has 2 aromatic rings. The number of aryl methyl sites for hydroxylation is 1. The van der Waals surface area contributed by atoms with Gasteiger partial charge in [-0.2, -0.15) is 9.78 Å². The van der Waals surface area contributed by atoms with E-state index in [9.17, 15) is 9.59 Å².